The summed E-state index contributed by atoms with van der Waals surface area (Å²) in [7, 11) is 0. The number of nitrogens with zero attached hydrogens (tertiary/aromatic N) is 2. The molecule has 2 aromatic carbocycles. The fraction of sp³-hybridized carbons (Fsp3) is 0.0952. The van der Waals surface area contributed by atoms with E-state index in [4.69, 9.17) is 8.94 Å². The van der Waals surface area contributed by atoms with E-state index in [2.05, 4.69) is 21.1 Å². The summed E-state index contributed by atoms with van der Waals surface area (Å²) in [5.41, 5.74) is 0.725. The van der Waals surface area contributed by atoms with Crippen LogP contribution in [0.25, 0.3) is 11.0 Å². The van der Waals surface area contributed by atoms with Crippen molar-refractivity contribution in [1.82, 2.24) is 5.16 Å². The summed E-state index contributed by atoms with van der Waals surface area (Å²) in [6, 6.07) is 11.4. The van der Waals surface area contributed by atoms with E-state index < -0.39 is 17.8 Å². The third-order valence-corrected chi connectivity index (χ3v) is 5.37. The van der Waals surface area contributed by atoms with E-state index in [0.29, 0.717) is 26.8 Å². The van der Waals surface area contributed by atoms with Crippen LogP contribution in [-0.2, 0) is 0 Å². The number of carbonyl (C=O) groups is 1. The van der Waals surface area contributed by atoms with Gasteiger partial charge in [-0.15, -0.1) is 0 Å². The summed E-state index contributed by atoms with van der Waals surface area (Å²) >= 11 is 3.36. The van der Waals surface area contributed by atoms with Crippen LogP contribution in [0, 0.1) is 12.7 Å². The first-order chi connectivity index (χ1) is 13.9. The van der Waals surface area contributed by atoms with Crippen molar-refractivity contribution in [2.75, 3.05) is 4.90 Å². The van der Waals surface area contributed by atoms with Crippen LogP contribution < -0.4 is 10.3 Å². The molecule has 5 rings (SSSR count). The molecule has 1 aliphatic rings. The maximum absolute atomic E-state index is 13.5. The van der Waals surface area contributed by atoms with Gasteiger partial charge < -0.3 is 8.94 Å². The molecule has 8 heteroatoms. The van der Waals surface area contributed by atoms with Crippen LogP contribution in [0.2, 0.25) is 0 Å². The molecule has 144 valence electrons. The number of hydrogen-bond acceptors (Lipinski definition) is 5. The number of anilines is 1. The Labute approximate surface area is 171 Å². The number of halogens is 2. The van der Waals surface area contributed by atoms with Gasteiger partial charge in [0.1, 0.15) is 17.2 Å². The van der Waals surface area contributed by atoms with Crippen LogP contribution in [0.4, 0.5) is 10.2 Å². The van der Waals surface area contributed by atoms with Crippen molar-refractivity contribution in [1.29, 1.82) is 0 Å². The summed E-state index contributed by atoms with van der Waals surface area (Å²) in [5, 5.41) is 4.29. The van der Waals surface area contributed by atoms with E-state index in [1.54, 1.807) is 31.2 Å². The normalized spacial score (nSPS) is 15.9. The smallest absolute Gasteiger partial charge is 0.296 e. The maximum Gasteiger partial charge on any atom is 0.296 e. The first kappa shape index (κ1) is 17.8. The van der Waals surface area contributed by atoms with E-state index in [1.165, 1.54) is 29.2 Å². The van der Waals surface area contributed by atoms with Crippen molar-refractivity contribution < 1.29 is 18.1 Å². The fourth-order valence-corrected chi connectivity index (χ4v) is 3.97. The number of benzene rings is 2. The molecule has 0 spiro atoms. The number of amides is 1. The zero-order valence-electron chi connectivity index (χ0n) is 15.0. The second kappa shape index (κ2) is 6.38. The van der Waals surface area contributed by atoms with Gasteiger partial charge in [0.2, 0.25) is 5.76 Å². The van der Waals surface area contributed by atoms with Crippen LogP contribution in [0.5, 0.6) is 0 Å². The SMILES string of the molecule is Cc1cc(N2C(=O)c3oc4ccc(Br)cc4c(=O)c3C2c2ccc(F)cc2)no1. The summed E-state index contributed by atoms with van der Waals surface area (Å²) in [5.74, 6) is -0.228. The number of hydrogen-bond donors (Lipinski definition) is 0. The summed E-state index contributed by atoms with van der Waals surface area (Å²) < 4.78 is 25.2. The van der Waals surface area contributed by atoms with Gasteiger partial charge in [-0.3, -0.25) is 14.5 Å². The Kier molecular flexibility index (Phi) is 3.92. The van der Waals surface area contributed by atoms with Gasteiger partial charge in [-0.2, -0.15) is 0 Å². The van der Waals surface area contributed by atoms with Crippen LogP contribution in [-0.4, -0.2) is 11.1 Å². The Balaban J connectivity index is 1.83. The molecule has 0 bridgehead atoms. The zero-order chi connectivity index (χ0) is 20.3. The molecule has 1 atom stereocenters. The van der Waals surface area contributed by atoms with Gasteiger partial charge in [-0.25, -0.2) is 4.39 Å². The van der Waals surface area contributed by atoms with Crippen molar-refractivity contribution in [3.05, 3.63) is 91.7 Å². The standard InChI is InChI=1S/C21H12BrFN2O4/c1-10-8-16(24-29-10)25-18(11-2-5-13(23)6-3-11)17-19(26)14-9-12(22)4-7-15(14)28-20(17)21(25)27/h2-9,18H,1H3. The lowest BCUT2D eigenvalue weighted by Crippen LogP contribution is -2.29. The monoisotopic (exact) mass is 454 g/mol. The molecule has 1 aliphatic heterocycles. The van der Waals surface area contributed by atoms with Crippen LogP contribution in [0.15, 0.2) is 66.7 Å². The second-order valence-electron chi connectivity index (χ2n) is 6.74. The molecule has 6 nitrogen and oxygen atoms in total. The highest BCUT2D eigenvalue weighted by atomic mass is 79.9. The van der Waals surface area contributed by atoms with Crippen LogP contribution >= 0.6 is 15.9 Å². The van der Waals surface area contributed by atoms with Gasteiger partial charge in [0.05, 0.1) is 17.0 Å². The average molecular weight is 455 g/mol. The third kappa shape index (κ3) is 2.71. The number of aryl methyl sites for hydroxylation is 1. The highest BCUT2D eigenvalue weighted by Gasteiger charge is 2.44. The Bertz CT molecular complexity index is 1340. The van der Waals surface area contributed by atoms with Crippen molar-refractivity contribution in [3.8, 4) is 0 Å². The van der Waals surface area contributed by atoms with Gasteiger partial charge >= 0.3 is 0 Å². The van der Waals surface area contributed by atoms with E-state index in [0.717, 1.165) is 0 Å². The lowest BCUT2D eigenvalue weighted by atomic mass is 9.98. The molecule has 29 heavy (non-hydrogen) atoms. The predicted molar refractivity (Wildman–Crippen MR) is 106 cm³/mol. The van der Waals surface area contributed by atoms with Gasteiger partial charge in [-0.05, 0) is 42.8 Å². The highest BCUT2D eigenvalue weighted by Crippen LogP contribution is 2.41. The number of aromatic nitrogens is 1. The molecular formula is C21H12BrFN2O4. The minimum absolute atomic E-state index is 0.0557. The Morgan fingerprint density at radius 3 is 2.55 bits per heavy atom. The topological polar surface area (TPSA) is 76.6 Å². The summed E-state index contributed by atoms with van der Waals surface area (Å²) in [6.07, 6.45) is 0. The Morgan fingerprint density at radius 2 is 1.86 bits per heavy atom. The molecule has 1 unspecified atom stereocenters. The van der Waals surface area contributed by atoms with Gasteiger partial charge in [-0.1, -0.05) is 33.2 Å². The number of fused-ring (bicyclic) bond motifs is 2. The van der Waals surface area contributed by atoms with Gasteiger partial charge in [0.15, 0.2) is 11.2 Å². The summed E-state index contributed by atoms with van der Waals surface area (Å²) in [4.78, 5) is 28.0. The van der Waals surface area contributed by atoms with Crippen LogP contribution in [0.3, 0.4) is 0 Å². The van der Waals surface area contributed by atoms with E-state index in [9.17, 15) is 14.0 Å². The first-order valence-electron chi connectivity index (χ1n) is 8.72. The fourth-order valence-electron chi connectivity index (χ4n) is 3.61. The number of carbonyl (C=O) groups excluding carboxylic acids is 1. The number of rotatable bonds is 2. The first-order valence-corrected chi connectivity index (χ1v) is 9.52. The van der Waals surface area contributed by atoms with Gasteiger partial charge in [0, 0.05) is 10.5 Å². The van der Waals surface area contributed by atoms with E-state index >= 15 is 0 Å². The van der Waals surface area contributed by atoms with E-state index in [-0.39, 0.29) is 22.6 Å². The van der Waals surface area contributed by atoms with Gasteiger partial charge in [0.25, 0.3) is 5.91 Å². The predicted octanol–water partition coefficient (Wildman–Crippen LogP) is 4.74. The molecule has 0 saturated heterocycles. The lowest BCUT2D eigenvalue weighted by Gasteiger charge is -2.22. The second-order valence-corrected chi connectivity index (χ2v) is 7.66. The molecule has 1 amide bonds. The molecule has 0 fully saturated rings. The van der Waals surface area contributed by atoms with Crippen molar-refractivity contribution >= 4 is 38.6 Å². The molecule has 0 radical (unpaired) electrons. The molecule has 0 saturated carbocycles. The maximum atomic E-state index is 13.5. The molecule has 4 aromatic rings. The minimum atomic E-state index is -0.817. The highest BCUT2D eigenvalue weighted by molar-refractivity contribution is 9.10. The van der Waals surface area contributed by atoms with Crippen molar-refractivity contribution in [2.45, 2.75) is 13.0 Å². The Hall–Kier alpha value is -3.26. The quantitative estimate of drug-likeness (QED) is 0.437. The van der Waals surface area contributed by atoms with Crippen molar-refractivity contribution in [3.63, 3.8) is 0 Å². The zero-order valence-corrected chi connectivity index (χ0v) is 16.6. The molecule has 3 heterocycles. The molecule has 0 N–H and O–H groups in total. The molecular weight excluding hydrogens is 443 g/mol. The van der Waals surface area contributed by atoms with Crippen LogP contribution in [0.1, 0.15) is 33.5 Å². The Morgan fingerprint density at radius 1 is 1.10 bits per heavy atom. The molecule has 2 aromatic heterocycles. The lowest BCUT2D eigenvalue weighted by molar-refractivity contribution is 0.0969. The van der Waals surface area contributed by atoms with E-state index in [1.807, 2.05) is 0 Å². The average Bonchev–Trinajstić information content (AvgIpc) is 3.25. The minimum Gasteiger partial charge on any atom is -0.450 e. The largest absolute Gasteiger partial charge is 0.450 e. The van der Waals surface area contributed by atoms with Crippen molar-refractivity contribution in [2.24, 2.45) is 0 Å². The summed E-state index contributed by atoms with van der Waals surface area (Å²) in [6.45, 7) is 1.70. The molecule has 0 aliphatic carbocycles. The third-order valence-electron chi connectivity index (χ3n) is 4.88.